The molecule has 148 valence electrons. The number of nitrogen functional groups attached to an aromatic ring is 1. The van der Waals surface area contributed by atoms with E-state index in [0.717, 1.165) is 48.4 Å². The molecule has 1 aliphatic heterocycles. The van der Waals surface area contributed by atoms with Gasteiger partial charge in [0.2, 0.25) is 0 Å². The molecule has 0 aliphatic carbocycles. The molecule has 3 aromatic rings. The number of rotatable bonds is 3. The van der Waals surface area contributed by atoms with Gasteiger partial charge < -0.3 is 20.6 Å². The summed E-state index contributed by atoms with van der Waals surface area (Å²) < 4.78 is 0. The zero-order valence-electron chi connectivity index (χ0n) is 16.4. The summed E-state index contributed by atoms with van der Waals surface area (Å²) in [5.41, 5.74) is 10.2. The molecule has 3 N–H and O–H groups in total. The van der Waals surface area contributed by atoms with Crippen LogP contribution in [0.4, 0.5) is 5.82 Å². The molecule has 6 nitrogen and oxygen atoms in total. The molecule has 1 aliphatic rings. The molecule has 1 amide bonds. The van der Waals surface area contributed by atoms with E-state index in [1.807, 2.05) is 35.2 Å². The van der Waals surface area contributed by atoms with Gasteiger partial charge in [-0.05, 0) is 48.5 Å². The number of carbonyl (C=O) groups excluding carboxylic acids is 1. The fraction of sp³-hybridized carbons (Fsp3) is 0.217. The summed E-state index contributed by atoms with van der Waals surface area (Å²) in [4.78, 5) is 21.4. The Morgan fingerprint density at radius 1 is 0.966 bits per heavy atom. The van der Waals surface area contributed by atoms with Gasteiger partial charge in [-0.2, -0.15) is 0 Å². The Morgan fingerprint density at radius 3 is 2.41 bits per heavy atom. The van der Waals surface area contributed by atoms with Crippen molar-refractivity contribution in [3.8, 4) is 28.0 Å². The molecular weight excluding hydrogens is 364 g/mol. The number of likely N-dealkylation sites (N-methyl/N-ethyl adjacent to an activating group) is 1. The Bertz CT molecular complexity index is 1030. The minimum atomic E-state index is 0.0575. The van der Waals surface area contributed by atoms with Crippen LogP contribution in [0.1, 0.15) is 10.4 Å². The second-order valence-electron chi connectivity index (χ2n) is 7.38. The number of piperazine rings is 1. The van der Waals surface area contributed by atoms with Crippen molar-refractivity contribution in [1.29, 1.82) is 0 Å². The Morgan fingerprint density at radius 2 is 1.69 bits per heavy atom. The summed E-state index contributed by atoms with van der Waals surface area (Å²) in [7, 11) is 2.07. The highest BCUT2D eigenvalue weighted by molar-refractivity contribution is 5.95. The van der Waals surface area contributed by atoms with Gasteiger partial charge in [-0.1, -0.05) is 24.3 Å². The van der Waals surface area contributed by atoms with E-state index in [-0.39, 0.29) is 11.7 Å². The largest absolute Gasteiger partial charge is 0.508 e. The summed E-state index contributed by atoms with van der Waals surface area (Å²) in [6.07, 6.45) is 1.72. The van der Waals surface area contributed by atoms with E-state index in [0.29, 0.717) is 11.4 Å². The van der Waals surface area contributed by atoms with Gasteiger partial charge in [-0.25, -0.2) is 4.98 Å². The van der Waals surface area contributed by atoms with Crippen molar-refractivity contribution < 1.29 is 9.90 Å². The number of aromatic hydroxyl groups is 1. The standard InChI is InChI=1S/C23H24N4O2/c1-26-9-11-27(12-10-26)23(29)18-4-2-3-17(13-18)19-14-21(22(24)25-15-19)16-5-7-20(28)8-6-16/h2-8,13-15,28H,9-12H2,1H3,(H2,24,25). The molecule has 29 heavy (non-hydrogen) atoms. The van der Waals surface area contributed by atoms with Crippen LogP contribution >= 0.6 is 0 Å². The molecule has 1 aromatic heterocycles. The van der Waals surface area contributed by atoms with Crippen molar-refractivity contribution in [3.05, 3.63) is 66.4 Å². The van der Waals surface area contributed by atoms with Gasteiger partial charge in [0.25, 0.3) is 5.91 Å². The molecular formula is C23H24N4O2. The zero-order valence-corrected chi connectivity index (χ0v) is 16.4. The molecule has 0 bridgehead atoms. The van der Waals surface area contributed by atoms with E-state index >= 15 is 0 Å². The third-order valence-corrected chi connectivity index (χ3v) is 5.33. The number of nitrogens with two attached hydrogens (primary N) is 1. The molecule has 0 unspecified atom stereocenters. The van der Waals surface area contributed by atoms with Gasteiger partial charge in [-0.3, -0.25) is 4.79 Å². The first-order valence-corrected chi connectivity index (χ1v) is 9.64. The Hall–Kier alpha value is -3.38. The lowest BCUT2D eigenvalue weighted by Crippen LogP contribution is -2.47. The van der Waals surface area contributed by atoms with Crippen LogP contribution in [0.2, 0.25) is 0 Å². The molecule has 6 heteroatoms. The normalized spacial score (nSPS) is 14.7. The number of amides is 1. The van der Waals surface area contributed by atoms with Crippen LogP contribution in [0.25, 0.3) is 22.3 Å². The minimum absolute atomic E-state index is 0.0575. The fourth-order valence-corrected chi connectivity index (χ4v) is 3.53. The third-order valence-electron chi connectivity index (χ3n) is 5.33. The molecule has 2 heterocycles. The number of pyridine rings is 1. The van der Waals surface area contributed by atoms with E-state index in [2.05, 4.69) is 16.9 Å². The highest BCUT2D eigenvalue weighted by Crippen LogP contribution is 2.31. The van der Waals surface area contributed by atoms with Gasteiger partial charge in [0.1, 0.15) is 11.6 Å². The van der Waals surface area contributed by atoms with Gasteiger partial charge >= 0.3 is 0 Å². The summed E-state index contributed by atoms with van der Waals surface area (Å²) in [5, 5.41) is 9.52. The molecule has 1 saturated heterocycles. The lowest BCUT2D eigenvalue weighted by Gasteiger charge is -2.32. The number of nitrogens with zero attached hydrogens (tertiary/aromatic N) is 3. The lowest BCUT2D eigenvalue weighted by atomic mass is 9.99. The number of anilines is 1. The van der Waals surface area contributed by atoms with E-state index < -0.39 is 0 Å². The van der Waals surface area contributed by atoms with Gasteiger partial charge in [0, 0.05) is 49.1 Å². The maximum atomic E-state index is 12.9. The van der Waals surface area contributed by atoms with Crippen LogP contribution in [0, 0.1) is 0 Å². The summed E-state index contributed by atoms with van der Waals surface area (Å²) in [6, 6.07) is 16.5. The molecule has 2 aromatic carbocycles. The topological polar surface area (TPSA) is 82.7 Å². The summed E-state index contributed by atoms with van der Waals surface area (Å²) >= 11 is 0. The van der Waals surface area contributed by atoms with Crippen molar-refractivity contribution in [2.75, 3.05) is 39.0 Å². The Kier molecular flexibility index (Phi) is 5.18. The molecule has 0 atom stereocenters. The van der Waals surface area contributed by atoms with Crippen LogP contribution in [-0.4, -0.2) is 59.0 Å². The van der Waals surface area contributed by atoms with Crippen LogP contribution in [0.5, 0.6) is 5.75 Å². The number of hydrogen-bond donors (Lipinski definition) is 2. The number of benzene rings is 2. The molecule has 0 radical (unpaired) electrons. The van der Waals surface area contributed by atoms with E-state index in [4.69, 9.17) is 5.73 Å². The monoisotopic (exact) mass is 388 g/mol. The maximum Gasteiger partial charge on any atom is 0.253 e. The average molecular weight is 388 g/mol. The summed E-state index contributed by atoms with van der Waals surface area (Å²) in [6.45, 7) is 3.27. The first-order valence-electron chi connectivity index (χ1n) is 9.64. The van der Waals surface area contributed by atoms with Gasteiger partial charge in [-0.15, -0.1) is 0 Å². The molecule has 1 fully saturated rings. The van der Waals surface area contributed by atoms with Crippen LogP contribution in [-0.2, 0) is 0 Å². The molecule has 0 saturated carbocycles. The van der Waals surface area contributed by atoms with Crippen molar-refractivity contribution in [2.24, 2.45) is 0 Å². The predicted octanol–water partition coefficient (Wildman–Crippen LogP) is 3.09. The highest BCUT2D eigenvalue weighted by atomic mass is 16.3. The average Bonchev–Trinajstić information content (AvgIpc) is 2.75. The van der Waals surface area contributed by atoms with E-state index in [9.17, 15) is 9.90 Å². The van der Waals surface area contributed by atoms with Gasteiger partial charge in [0.15, 0.2) is 0 Å². The third kappa shape index (κ3) is 4.07. The number of phenolic OH excluding ortho intramolecular Hbond substituents is 1. The lowest BCUT2D eigenvalue weighted by molar-refractivity contribution is 0.0664. The first-order chi connectivity index (χ1) is 14.0. The molecule has 4 rings (SSSR count). The number of hydrogen-bond acceptors (Lipinski definition) is 5. The van der Waals surface area contributed by atoms with Crippen molar-refractivity contribution in [2.45, 2.75) is 0 Å². The van der Waals surface area contributed by atoms with E-state index in [1.54, 1.807) is 30.5 Å². The quantitative estimate of drug-likeness (QED) is 0.720. The van der Waals surface area contributed by atoms with Crippen molar-refractivity contribution in [1.82, 2.24) is 14.8 Å². The van der Waals surface area contributed by atoms with Crippen LogP contribution < -0.4 is 5.73 Å². The number of carbonyl (C=O) groups is 1. The van der Waals surface area contributed by atoms with Gasteiger partial charge in [0.05, 0.1) is 0 Å². The second kappa shape index (κ2) is 7.93. The smallest absolute Gasteiger partial charge is 0.253 e. The van der Waals surface area contributed by atoms with Crippen LogP contribution in [0.3, 0.4) is 0 Å². The maximum absolute atomic E-state index is 12.9. The molecule has 0 spiro atoms. The second-order valence-corrected chi connectivity index (χ2v) is 7.38. The Labute approximate surface area is 170 Å². The minimum Gasteiger partial charge on any atom is -0.508 e. The first kappa shape index (κ1) is 19.0. The highest BCUT2D eigenvalue weighted by Gasteiger charge is 2.20. The predicted molar refractivity (Wildman–Crippen MR) is 115 cm³/mol. The number of aromatic nitrogens is 1. The zero-order chi connectivity index (χ0) is 20.4. The Balaban J connectivity index is 1.64. The van der Waals surface area contributed by atoms with Crippen molar-refractivity contribution in [3.63, 3.8) is 0 Å². The number of phenols is 1. The SMILES string of the molecule is CN1CCN(C(=O)c2cccc(-c3cnc(N)c(-c4ccc(O)cc4)c3)c2)CC1. The fourth-order valence-electron chi connectivity index (χ4n) is 3.53. The van der Waals surface area contributed by atoms with E-state index in [1.165, 1.54) is 0 Å². The summed E-state index contributed by atoms with van der Waals surface area (Å²) in [5.74, 6) is 0.678. The van der Waals surface area contributed by atoms with Crippen molar-refractivity contribution >= 4 is 11.7 Å². The van der Waals surface area contributed by atoms with Crippen LogP contribution in [0.15, 0.2) is 60.8 Å².